The zero-order valence-electron chi connectivity index (χ0n) is 13.3. The molecular weight excluding hydrogens is 312 g/mol. The van der Waals surface area contributed by atoms with Gasteiger partial charge in [-0.1, -0.05) is 30.3 Å². The van der Waals surface area contributed by atoms with E-state index < -0.39 is 12.2 Å². The smallest absolute Gasteiger partial charge is 0.416 e. The van der Waals surface area contributed by atoms with Gasteiger partial charge in [0.05, 0.1) is 6.04 Å². The molecule has 3 rings (SSSR count). The van der Waals surface area contributed by atoms with Crippen LogP contribution in [0.25, 0.3) is 0 Å². The van der Waals surface area contributed by atoms with Crippen LogP contribution in [0.1, 0.15) is 18.4 Å². The molecule has 0 spiro atoms. The summed E-state index contributed by atoms with van der Waals surface area (Å²) in [7, 11) is 0. The average Bonchev–Trinajstić information content (AvgIpc) is 3.15. The third kappa shape index (κ3) is 3.50. The predicted molar refractivity (Wildman–Crippen MR) is 84.4 cm³/mol. The molecular formula is C17H20N2O5. The largest absolute Gasteiger partial charge is 0.465 e. The number of likely N-dealkylation sites (tertiary alicyclic amines) is 1. The minimum atomic E-state index is -0.965. The van der Waals surface area contributed by atoms with Crippen LogP contribution in [0.2, 0.25) is 0 Å². The Morgan fingerprint density at radius 3 is 2.67 bits per heavy atom. The Balaban J connectivity index is 1.61. The maximum atomic E-state index is 12.5. The molecule has 24 heavy (non-hydrogen) atoms. The van der Waals surface area contributed by atoms with Crippen LogP contribution in [0, 0.1) is 5.92 Å². The fourth-order valence-corrected chi connectivity index (χ4v) is 3.32. The molecule has 0 unspecified atom stereocenters. The number of benzene rings is 1. The van der Waals surface area contributed by atoms with Crippen molar-refractivity contribution in [1.29, 1.82) is 0 Å². The maximum absolute atomic E-state index is 12.5. The molecule has 2 aliphatic heterocycles. The van der Waals surface area contributed by atoms with Gasteiger partial charge in [0, 0.05) is 19.5 Å². The molecule has 2 atom stereocenters. The first-order chi connectivity index (χ1) is 11.5. The number of ether oxygens (including phenoxy) is 1. The number of rotatable bonds is 4. The molecule has 7 nitrogen and oxygen atoms in total. The summed E-state index contributed by atoms with van der Waals surface area (Å²) in [6.45, 7) is 0.976. The van der Waals surface area contributed by atoms with Crippen molar-refractivity contribution in [1.82, 2.24) is 9.80 Å². The summed E-state index contributed by atoms with van der Waals surface area (Å²) >= 11 is 0. The molecule has 3 amide bonds. The quantitative estimate of drug-likeness (QED) is 0.911. The molecule has 2 aliphatic rings. The number of carbonyl (C=O) groups is 3. The third-order valence-electron chi connectivity index (χ3n) is 4.56. The van der Waals surface area contributed by atoms with Crippen LogP contribution < -0.4 is 0 Å². The van der Waals surface area contributed by atoms with Gasteiger partial charge in [-0.15, -0.1) is 0 Å². The molecule has 2 saturated heterocycles. The lowest BCUT2D eigenvalue weighted by molar-refractivity contribution is -0.130. The number of amides is 3. The van der Waals surface area contributed by atoms with E-state index in [9.17, 15) is 14.4 Å². The highest BCUT2D eigenvalue weighted by molar-refractivity contribution is 5.93. The zero-order chi connectivity index (χ0) is 17.1. The molecule has 1 N–H and O–H groups in total. The molecule has 2 heterocycles. The molecule has 0 aromatic heterocycles. The predicted octanol–water partition coefficient (Wildman–Crippen LogP) is 1.97. The first-order valence-electron chi connectivity index (χ1n) is 8.05. The molecule has 0 bridgehead atoms. The van der Waals surface area contributed by atoms with Crippen LogP contribution in [0.4, 0.5) is 9.59 Å². The van der Waals surface area contributed by atoms with Crippen LogP contribution in [0.5, 0.6) is 0 Å². The standard InChI is InChI=1S/C17H20N2O5/c20-15(9-13-6-7-18(10-13)16(21)22)19-14(11-24-17(19)23)8-12-4-2-1-3-5-12/h1-5,13-14H,6-11H2,(H,21,22)/t13-,14+/m1/s1. The fraction of sp³-hybridized carbons (Fsp3) is 0.471. The minimum absolute atomic E-state index is 0.0422. The van der Waals surface area contributed by atoms with E-state index in [1.54, 1.807) is 0 Å². The zero-order valence-corrected chi connectivity index (χ0v) is 13.3. The number of cyclic esters (lactones) is 1. The van der Waals surface area contributed by atoms with Crippen molar-refractivity contribution in [3.63, 3.8) is 0 Å². The van der Waals surface area contributed by atoms with E-state index in [1.807, 2.05) is 30.3 Å². The first kappa shape index (κ1) is 16.3. The van der Waals surface area contributed by atoms with Gasteiger partial charge in [-0.05, 0) is 24.3 Å². The van der Waals surface area contributed by atoms with Crippen molar-refractivity contribution in [2.75, 3.05) is 19.7 Å². The van der Waals surface area contributed by atoms with Gasteiger partial charge in [0.25, 0.3) is 0 Å². The summed E-state index contributed by atoms with van der Waals surface area (Å²) in [5.74, 6) is -0.324. The van der Waals surface area contributed by atoms with Crippen molar-refractivity contribution >= 4 is 18.1 Å². The monoisotopic (exact) mass is 332 g/mol. The highest BCUT2D eigenvalue weighted by Crippen LogP contribution is 2.24. The molecule has 0 saturated carbocycles. The topological polar surface area (TPSA) is 87.2 Å². The molecule has 1 aromatic carbocycles. The Morgan fingerprint density at radius 1 is 1.25 bits per heavy atom. The van der Waals surface area contributed by atoms with E-state index in [2.05, 4.69) is 0 Å². The molecule has 128 valence electrons. The molecule has 0 aliphatic carbocycles. The van der Waals surface area contributed by atoms with Crippen molar-refractivity contribution in [2.45, 2.75) is 25.3 Å². The molecule has 7 heteroatoms. The van der Waals surface area contributed by atoms with E-state index in [0.29, 0.717) is 25.9 Å². The Morgan fingerprint density at radius 2 is 2.00 bits per heavy atom. The fourth-order valence-electron chi connectivity index (χ4n) is 3.32. The van der Waals surface area contributed by atoms with Crippen molar-refractivity contribution in [2.24, 2.45) is 5.92 Å². The van der Waals surface area contributed by atoms with Crippen LogP contribution in [-0.4, -0.2) is 58.7 Å². The number of carboxylic acid groups (broad SMARTS) is 1. The average molecular weight is 332 g/mol. The lowest BCUT2D eigenvalue weighted by Crippen LogP contribution is -2.41. The summed E-state index contributed by atoms with van der Waals surface area (Å²) in [5, 5.41) is 8.98. The highest BCUT2D eigenvalue weighted by atomic mass is 16.6. The Labute approximate surface area is 139 Å². The lowest BCUT2D eigenvalue weighted by atomic mass is 10.0. The summed E-state index contributed by atoms with van der Waals surface area (Å²) < 4.78 is 5.06. The van der Waals surface area contributed by atoms with Gasteiger partial charge in [-0.25, -0.2) is 14.5 Å². The van der Waals surface area contributed by atoms with Crippen LogP contribution in [0.15, 0.2) is 30.3 Å². The van der Waals surface area contributed by atoms with E-state index >= 15 is 0 Å². The number of hydrogen-bond donors (Lipinski definition) is 1. The number of nitrogens with zero attached hydrogens (tertiary/aromatic N) is 2. The second-order valence-electron chi connectivity index (χ2n) is 6.27. The number of imide groups is 1. The first-order valence-corrected chi connectivity index (χ1v) is 8.05. The second-order valence-corrected chi connectivity index (χ2v) is 6.27. The Kier molecular flexibility index (Phi) is 4.69. The van der Waals surface area contributed by atoms with Gasteiger partial charge in [0.2, 0.25) is 5.91 Å². The van der Waals surface area contributed by atoms with Gasteiger partial charge in [-0.3, -0.25) is 4.79 Å². The highest BCUT2D eigenvalue weighted by Gasteiger charge is 2.39. The third-order valence-corrected chi connectivity index (χ3v) is 4.56. The van der Waals surface area contributed by atoms with Gasteiger partial charge < -0.3 is 14.7 Å². The SMILES string of the molecule is O=C(O)N1CC[C@H](CC(=O)N2C(=O)OC[C@@H]2Cc2ccccc2)C1. The summed E-state index contributed by atoms with van der Waals surface area (Å²) in [6, 6.07) is 9.34. The van der Waals surface area contributed by atoms with E-state index in [4.69, 9.17) is 9.84 Å². The number of carbonyl (C=O) groups excluding carboxylic acids is 2. The second kappa shape index (κ2) is 6.90. The van der Waals surface area contributed by atoms with E-state index in [1.165, 1.54) is 9.80 Å². The van der Waals surface area contributed by atoms with Gasteiger partial charge in [0.1, 0.15) is 6.61 Å². The van der Waals surface area contributed by atoms with Gasteiger partial charge in [0.15, 0.2) is 0 Å². The summed E-state index contributed by atoms with van der Waals surface area (Å²) in [6.07, 6.45) is -0.194. The van der Waals surface area contributed by atoms with E-state index in [-0.39, 0.29) is 30.9 Å². The minimum Gasteiger partial charge on any atom is -0.465 e. The van der Waals surface area contributed by atoms with E-state index in [0.717, 1.165) is 5.56 Å². The van der Waals surface area contributed by atoms with Crippen molar-refractivity contribution in [3.8, 4) is 0 Å². The number of hydrogen-bond acceptors (Lipinski definition) is 4. The maximum Gasteiger partial charge on any atom is 0.416 e. The Hall–Kier alpha value is -2.57. The van der Waals surface area contributed by atoms with Crippen molar-refractivity contribution in [3.05, 3.63) is 35.9 Å². The Bertz CT molecular complexity index is 633. The molecule has 0 radical (unpaired) electrons. The summed E-state index contributed by atoms with van der Waals surface area (Å²) in [4.78, 5) is 38.0. The molecule has 2 fully saturated rings. The summed E-state index contributed by atoms with van der Waals surface area (Å²) in [5.41, 5.74) is 1.04. The van der Waals surface area contributed by atoms with Gasteiger partial charge in [-0.2, -0.15) is 0 Å². The van der Waals surface area contributed by atoms with Crippen molar-refractivity contribution < 1.29 is 24.2 Å². The van der Waals surface area contributed by atoms with Crippen LogP contribution >= 0.6 is 0 Å². The van der Waals surface area contributed by atoms with Gasteiger partial charge >= 0.3 is 12.2 Å². The lowest BCUT2D eigenvalue weighted by Gasteiger charge is -2.21. The normalized spacial score (nSPS) is 23.4. The van der Waals surface area contributed by atoms with Crippen LogP contribution in [-0.2, 0) is 16.0 Å². The van der Waals surface area contributed by atoms with Crippen LogP contribution in [0.3, 0.4) is 0 Å². The molecule has 1 aromatic rings.